The molecular formula is C18H15Cl2N3O. The smallest absolute Gasteiger partial charge is 0.245 e. The van der Waals surface area contributed by atoms with Gasteiger partial charge in [0.2, 0.25) is 5.91 Å². The van der Waals surface area contributed by atoms with Crippen molar-refractivity contribution >= 4 is 40.5 Å². The molecule has 1 aliphatic heterocycles. The molecule has 24 heavy (non-hydrogen) atoms. The number of hydrogen-bond donors (Lipinski definition) is 1. The van der Waals surface area contributed by atoms with Crippen molar-refractivity contribution in [2.24, 2.45) is 5.10 Å². The Morgan fingerprint density at radius 2 is 1.88 bits per heavy atom. The van der Waals surface area contributed by atoms with Crippen molar-refractivity contribution in [2.45, 2.75) is 0 Å². The molecule has 122 valence electrons. The van der Waals surface area contributed by atoms with Gasteiger partial charge in [0, 0.05) is 10.6 Å². The molecule has 0 saturated carbocycles. The fraction of sp³-hybridized carbons (Fsp3) is 0.111. The zero-order valence-electron chi connectivity index (χ0n) is 12.7. The number of carbonyl (C=O) groups excluding carboxylic acids is 1. The van der Waals surface area contributed by atoms with Crippen molar-refractivity contribution < 1.29 is 4.79 Å². The fourth-order valence-electron chi connectivity index (χ4n) is 2.31. The zero-order chi connectivity index (χ0) is 16.9. The molecule has 3 rings (SSSR count). The van der Waals surface area contributed by atoms with E-state index in [4.69, 9.17) is 23.2 Å². The SMILES string of the molecule is O=C(CN1CC=CC(c2ccc(Cl)cc2)=N1)Nc1ccccc1Cl. The highest BCUT2D eigenvalue weighted by molar-refractivity contribution is 6.33. The predicted molar refractivity (Wildman–Crippen MR) is 98.8 cm³/mol. The van der Waals surface area contributed by atoms with Gasteiger partial charge in [-0.15, -0.1) is 0 Å². The highest BCUT2D eigenvalue weighted by Crippen LogP contribution is 2.20. The number of hydrazone groups is 1. The number of amides is 1. The van der Waals surface area contributed by atoms with Crippen LogP contribution < -0.4 is 5.32 Å². The van der Waals surface area contributed by atoms with Crippen LogP contribution in [0.3, 0.4) is 0 Å². The van der Waals surface area contributed by atoms with E-state index in [9.17, 15) is 4.79 Å². The van der Waals surface area contributed by atoms with E-state index < -0.39 is 0 Å². The third kappa shape index (κ3) is 4.16. The maximum atomic E-state index is 12.2. The number of halogens is 2. The quantitative estimate of drug-likeness (QED) is 0.888. The summed E-state index contributed by atoms with van der Waals surface area (Å²) in [6, 6.07) is 14.6. The number of allylic oxidation sites excluding steroid dienone is 1. The molecule has 1 N–H and O–H groups in total. The van der Waals surface area contributed by atoms with Crippen molar-refractivity contribution in [3.63, 3.8) is 0 Å². The number of hydrogen-bond acceptors (Lipinski definition) is 3. The summed E-state index contributed by atoms with van der Waals surface area (Å²) in [5, 5.41) is 10.2. The van der Waals surface area contributed by atoms with Gasteiger partial charge in [0.25, 0.3) is 0 Å². The molecule has 0 fully saturated rings. The van der Waals surface area contributed by atoms with Crippen LogP contribution in [0.2, 0.25) is 10.0 Å². The average Bonchev–Trinajstić information content (AvgIpc) is 2.58. The van der Waals surface area contributed by atoms with Crippen LogP contribution in [0.25, 0.3) is 0 Å². The van der Waals surface area contributed by atoms with Gasteiger partial charge in [-0.1, -0.05) is 53.5 Å². The molecule has 0 radical (unpaired) electrons. The molecule has 1 aliphatic rings. The van der Waals surface area contributed by atoms with Gasteiger partial charge in [0.05, 0.1) is 23.0 Å². The fourth-order valence-corrected chi connectivity index (χ4v) is 2.61. The number of nitrogens with zero attached hydrogens (tertiary/aromatic N) is 2. The van der Waals surface area contributed by atoms with Crippen LogP contribution in [0, 0.1) is 0 Å². The third-order valence-electron chi connectivity index (χ3n) is 3.46. The first-order chi connectivity index (χ1) is 11.6. The molecule has 1 amide bonds. The first-order valence-electron chi connectivity index (χ1n) is 7.42. The molecule has 0 aromatic heterocycles. The van der Waals surface area contributed by atoms with E-state index in [1.165, 1.54) is 0 Å². The second kappa shape index (κ2) is 7.51. The number of benzene rings is 2. The summed E-state index contributed by atoms with van der Waals surface area (Å²) in [5.74, 6) is -0.169. The number of carbonyl (C=O) groups is 1. The summed E-state index contributed by atoms with van der Waals surface area (Å²) in [4.78, 5) is 12.2. The number of rotatable bonds is 4. The van der Waals surface area contributed by atoms with E-state index in [-0.39, 0.29) is 12.5 Å². The summed E-state index contributed by atoms with van der Waals surface area (Å²) in [5.41, 5.74) is 2.34. The third-order valence-corrected chi connectivity index (χ3v) is 4.04. The van der Waals surface area contributed by atoms with E-state index in [1.54, 1.807) is 17.1 Å². The van der Waals surface area contributed by atoms with Crippen molar-refractivity contribution in [3.05, 3.63) is 76.3 Å². The van der Waals surface area contributed by atoms with Gasteiger partial charge in [-0.2, -0.15) is 5.10 Å². The standard InChI is InChI=1S/C18H15Cl2N3O/c19-14-9-7-13(8-10-14)16-6-3-11-23(22-16)12-18(24)21-17-5-2-1-4-15(17)20/h1-10H,11-12H2,(H,21,24). The lowest BCUT2D eigenvalue weighted by Crippen LogP contribution is -2.32. The summed E-state index contributed by atoms with van der Waals surface area (Å²) < 4.78 is 0. The lowest BCUT2D eigenvalue weighted by atomic mass is 10.1. The van der Waals surface area contributed by atoms with Crippen LogP contribution in [-0.4, -0.2) is 29.7 Å². The average molecular weight is 360 g/mol. The van der Waals surface area contributed by atoms with Gasteiger partial charge in [0.15, 0.2) is 0 Å². The van der Waals surface area contributed by atoms with Crippen LogP contribution in [-0.2, 0) is 4.79 Å². The van der Waals surface area contributed by atoms with Gasteiger partial charge >= 0.3 is 0 Å². The second-order valence-electron chi connectivity index (χ2n) is 5.27. The minimum Gasteiger partial charge on any atom is -0.323 e. The first kappa shape index (κ1) is 16.6. The van der Waals surface area contributed by atoms with E-state index in [0.29, 0.717) is 22.3 Å². The molecule has 0 unspecified atom stereocenters. The molecule has 4 nitrogen and oxygen atoms in total. The van der Waals surface area contributed by atoms with E-state index in [1.807, 2.05) is 48.6 Å². The lowest BCUT2D eigenvalue weighted by molar-refractivity contribution is -0.117. The normalized spacial score (nSPS) is 13.6. The van der Waals surface area contributed by atoms with Crippen LogP contribution in [0.5, 0.6) is 0 Å². The topological polar surface area (TPSA) is 44.7 Å². The first-order valence-corrected chi connectivity index (χ1v) is 8.18. The van der Waals surface area contributed by atoms with E-state index in [2.05, 4.69) is 10.4 Å². The molecule has 0 saturated heterocycles. The van der Waals surface area contributed by atoms with Crippen molar-refractivity contribution in [1.82, 2.24) is 5.01 Å². The van der Waals surface area contributed by atoms with Gasteiger partial charge in [-0.3, -0.25) is 9.80 Å². The number of anilines is 1. The molecule has 2 aromatic rings. The zero-order valence-corrected chi connectivity index (χ0v) is 14.3. The predicted octanol–water partition coefficient (Wildman–Crippen LogP) is 4.21. The van der Waals surface area contributed by atoms with Crippen LogP contribution >= 0.6 is 23.2 Å². The molecule has 1 heterocycles. The molecule has 0 bridgehead atoms. The number of para-hydroxylation sites is 1. The van der Waals surface area contributed by atoms with Gasteiger partial charge in [-0.05, 0) is 30.3 Å². The molecule has 0 aliphatic carbocycles. The molecule has 2 aromatic carbocycles. The maximum Gasteiger partial charge on any atom is 0.245 e. The molecular weight excluding hydrogens is 345 g/mol. The summed E-state index contributed by atoms with van der Waals surface area (Å²) in [6.45, 7) is 0.722. The highest BCUT2D eigenvalue weighted by atomic mass is 35.5. The minimum absolute atomic E-state index is 0.145. The van der Waals surface area contributed by atoms with Gasteiger partial charge in [-0.25, -0.2) is 0 Å². The maximum absolute atomic E-state index is 12.2. The van der Waals surface area contributed by atoms with E-state index in [0.717, 1.165) is 11.3 Å². The van der Waals surface area contributed by atoms with Gasteiger partial charge in [0.1, 0.15) is 6.54 Å². The Kier molecular flexibility index (Phi) is 5.18. The molecule has 0 spiro atoms. The Hall–Kier alpha value is -2.30. The summed E-state index contributed by atoms with van der Waals surface area (Å²) >= 11 is 12.0. The van der Waals surface area contributed by atoms with Crippen LogP contribution in [0.15, 0.2) is 65.8 Å². The Bertz CT molecular complexity index is 800. The molecule has 6 heteroatoms. The Balaban J connectivity index is 1.67. The lowest BCUT2D eigenvalue weighted by Gasteiger charge is -2.21. The van der Waals surface area contributed by atoms with Gasteiger partial charge < -0.3 is 5.32 Å². The Morgan fingerprint density at radius 1 is 1.12 bits per heavy atom. The summed E-state index contributed by atoms with van der Waals surface area (Å²) in [6.07, 6.45) is 3.91. The number of nitrogens with one attached hydrogen (secondary N) is 1. The van der Waals surface area contributed by atoms with Crippen molar-refractivity contribution in [2.75, 3.05) is 18.4 Å². The largest absolute Gasteiger partial charge is 0.323 e. The van der Waals surface area contributed by atoms with Crippen LogP contribution in [0.1, 0.15) is 5.56 Å². The van der Waals surface area contributed by atoms with Crippen LogP contribution in [0.4, 0.5) is 5.69 Å². The minimum atomic E-state index is -0.169. The monoisotopic (exact) mass is 359 g/mol. The Labute approximate surface area is 150 Å². The summed E-state index contributed by atoms with van der Waals surface area (Å²) in [7, 11) is 0. The second-order valence-corrected chi connectivity index (χ2v) is 6.11. The highest BCUT2D eigenvalue weighted by Gasteiger charge is 2.13. The van der Waals surface area contributed by atoms with Crippen molar-refractivity contribution in [3.8, 4) is 0 Å². The van der Waals surface area contributed by atoms with Crippen molar-refractivity contribution in [1.29, 1.82) is 0 Å². The molecule has 0 atom stereocenters. The Morgan fingerprint density at radius 3 is 2.62 bits per heavy atom. The van der Waals surface area contributed by atoms with E-state index >= 15 is 0 Å².